The fourth-order valence-corrected chi connectivity index (χ4v) is 3.55. The van der Waals surface area contributed by atoms with E-state index in [1.807, 2.05) is 0 Å². The number of aromatic hydroxyl groups is 1. The number of hydrogen-bond donors (Lipinski definition) is 2. The van der Waals surface area contributed by atoms with Crippen LogP contribution in [0.4, 0.5) is 0 Å². The van der Waals surface area contributed by atoms with Gasteiger partial charge in [-0.2, -0.15) is 0 Å². The van der Waals surface area contributed by atoms with Gasteiger partial charge < -0.3 is 19.3 Å². The number of cyclic esters (lactones) is 1. The lowest BCUT2D eigenvalue weighted by Crippen LogP contribution is -2.32. The Balaban J connectivity index is 1.95. The third kappa shape index (κ3) is 2.91. The second-order valence-corrected chi connectivity index (χ2v) is 6.80. The average molecular weight is 431 g/mol. The first-order valence-electron chi connectivity index (χ1n) is 8.67. The number of aromatic nitrogens is 2. The molecule has 2 N–H and O–H groups in total. The predicted molar refractivity (Wildman–Crippen MR) is 106 cm³/mol. The standard InChI is InChI=1S/C20H15ClN2O7/c1-28-12-8-7-11-13(16(12)29-2)19(26)30-15(11)14-17(24)22-20(27)23(18(14)25)10-5-3-9(21)4-6-10/h3-8,15,25H,1-2H3,(H,22,24,27)/t15-/m1/s1. The summed E-state index contributed by atoms with van der Waals surface area (Å²) in [5.74, 6) is -0.970. The zero-order valence-corrected chi connectivity index (χ0v) is 16.5. The van der Waals surface area contributed by atoms with E-state index in [1.54, 1.807) is 6.07 Å². The molecule has 0 bridgehead atoms. The quantitative estimate of drug-likeness (QED) is 0.608. The van der Waals surface area contributed by atoms with E-state index in [0.29, 0.717) is 16.3 Å². The number of nitrogens with zero attached hydrogens (tertiary/aromatic N) is 1. The summed E-state index contributed by atoms with van der Waals surface area (Å²) in [7, 11) is 2.78. The van der Waals surface area contributed by atoms with Crippen LogP contribution in [-0.2, 0) is 4.74 Å². The number of carbonyl (C=O) groups is 1. The van der Waals surface area contributed by atoms with Crippen LogP contribution in [0.1, 0.15) is 27.6 Å². The minimum atomic E-state index is -1.25. The summed E-state index contributed by atoms with van der Waals surface area (Å²) in [4.78, 5) is 39.7. The van der Waals surface area contributed by atoms with E-state index in [4.69, 9.17) is 25.8 Å². The number of nitrogens with one attached hydrogen (secondary N) is 1. The van der Waals surface area contributed by atoms with Crippen molar-refractivity contribution in [2.45, 2.75) is 6.10 Å². The SMILES string of the molecule is COc1ccc2c(c1OC)C(=O)O[C@H]2c1c(O)n(-c2ccc(Cl)cc2)c(=O)[nH]c1=O. The zero-order valence-electron chi connectivity index (χ0n) is 15.8. The molecule has 0 saturated carbocycles. The molecular formula is C20H15ClN2O7. The van der Waals surface area contributed by atoms with Gasteiger partial charge in [0.05, 0.1) is 19.9 Å². The fourth-order valence-electron chi connectivity index (χ4n) is 3.42. The topological polar surface area (TPSA) is 120 Å². The van der Waals surface area contributed by atoms with Crippen LogP contribution in [0.5, 0.6) is 17.4 Å². The summed E-state index contributed by atoms with van der Waals surface area (Å²) in [6.45, 7) is 0. The summed E-state index contributed by atoms with van der Waals surface area (Å²) < 4.78 is 16.7. The second kappa shape index (κ2) is 7.27. The monoisotopic (exact) mass is 430 g/mol. The van der Waals surface area contributed by atoms with Gasteiger partial charge in [-0.1, -0.05) is 17.7 Å². The van der Waals surface area contributed by atoms with Crippen molar-refractivity contribution in [2.75, 3.05) is 14.2 Å². The predicted octanol–water partition coefficient (Wildman–Crippen LogP) is 2.16. The van der Waals surface area contributed by atoms with Gasteiger partial charge in [0.1, 0.15) is 11.1 Å². The van der Waals surface area contributed by atoms with Gasteiger partial charge in [-0.15, -0.1) is 0 Å². The van der Waals surface area contributed by atoms with Crippen LogP contribution in [0.3, 0.4) is 0 Å². The molecule has 1 atom stereocenters. The number of esters is 1. The van der Waals surface area contributed by atoms with Crippen molar-refractivity contribution >= 4 is 17.6 Å². The molecule has 3 aromatic rings. The van der Waals surface area contributed by atoms with E-state index in [1.165, 1.54) is 44.6 Å². The number of halogens is 1. The van der Waals surface area contributed by atoms with Crippen LogP contribution >= 0.6 is 11.6 Å². The maximum absolute atomic E-state index is 12.6. The van der Waals surface area contributed by atoms with Crippen LogP contribution in [0.2, 0.25) is 5.02 Å². The number of methoxy groups -OCH3 is 2. The highest BCUT2D eigenvalue weighted by molar-refractivity contribution is 6.30. The molecule has 2 heterocycles. The summed E-state index contributed by atoms with van der Waals surface area (Å²) in [6, 6.07) is 9.11. The molecule has 154 valence electrons. The van der Waals surface area contributed by atoms with Crippen LogP contribution < -0.4 is 20.7 Å². The first kappa shape index (κ1) is 19.6. The number of fused-ring (bicyclic) bond motifs is 1. The number of aromatic amines is 1. The molecule has 1 aliphatic rings. The Hall–Kier alpha value is -3.72. The summed E-state index contributed by atoms with van der Waals surface area (Å²) >= 11 is 5.88. The Morgan fingerprint density at radius 2 is 1.77 bits per heavy atom. The van der Waals surface area contributed by atoms with E-state index in [0.717, 1.165) is 4.57 Å². The van der Waals surface area contributed by atoms with Gasteiger partial charge in [-0.05, 0) is 30.3 Å². The van der Waals surface area contributed by atoms with Gasteiger partial charge in [-0.25, -0.2) is 14.2 Å². The molecule has 0 amide bonds. The molecule has 2 aromatic carbocycles. The largest absolute Gasteiger partial charge is 0.494 e. The minimum Gasteiger partial charge on any atom is -0.494 e. The number of rotatable bonds is 4. The van der Waals surface area contributed by atoms with Crippen molar-refractivity contribution in [1.29, 1.82) is 0 Å². The summed E-state index contributed by atoms with van der Waals surface area (Å²) in [5, 5.41) is 11.3. The number of ether oxygens (including phenoxy) is 3. The molecule has 0 saturated heterocycles. The van der Waals surface area contributed by atoms with Gasteiger partial charge in [0, 0.05) is 10.6 Å². The van der Waals surface area contributed by atoms with E-state index < -0.39 is 29.2 Å². The Labute approximate surface area is 174 Å². The van der Waals surface area contributed by atoms with Gasteiger partial charge in [0.25, 0.3) is 5.56 Å². The first-order valence-corrected chi connectivity index (χ1v) is 9.05. The number of carbonyl (C=O) groups excluding carboxylic acids is 1. The minimum absolute atomic E-state index is 0.0740. The first-order chi connectivity index (χ1) is 14.4. The van der Waals surface area contributed by atoms with E-state index >= 15 is 0 Å². The Morgan fingerprint density at radius 1 is 1.07 bits per heavy atom. The number of benzene rings is 2. The van der Waals surface area contributed by atoms with Crippen molar-refractivity contribution in [3.05, 3.63) is 78.9 Å². The highest BCUT2D eigenvalue weighted by Crippen LogP contribution is 2.45. The lowest BCUT2D eigenvalue weighted by atomic mass is 9.99. The maximum Gasteiger partial charge on any atom is 0.343 e. The Kier molecular flexibility index (Phi) is 4.75. The van der Waals surface area contributed by atoms with Crippen LogP contribution in [-0.4, -0.2) is 34.8 Å². The van der Waals surface area contributed by atoms with Gasteiger partial charge in [-0.3, -0.25) is 9.78 Å². The van der Waals surface area contributed by atoms with Crippen LogP contribution in [0, 0.1) is 0 Å². The number of H-pyrrole nitrogens is 1. The summed E-state index contributed by atoms with van der Waals surface area (Å²) in [6.07, 6.45) is -1.25. The number of hydrogen-bond acceptors (Lipinski definition) is 7. The lowest BCUT2D eigenvalue weighted by molar-refractivity contribution is 0.0447. The Bertz CT molecular complexity index is 1280. The third-order valence-electron chi connectivity index (χ3n) is 4.76. The van der Waals surface area contributed by atoms with E-state index in [2.05, 4.69) is 4.98 Å². The van der Waals surface area contributed by atoms with Crippen molar-refractivity contribution in [3.63, 3.8) is 0 Å². The molecule has 1 aliphatic heterocycles. The van der Waals surface area contributed by atoms with E-state index in [9.17, 15) is 19.5 Å². The maximum atomic E-state index is 12.6. The lowest BCUT2D eigenvalue weighted by Gasteiger charge is -2.16. The Morgan fingerprint density at radius 3 is 2.40 bits per heavy atom. The second-order valence-electron chi connectivity index (χ2n) is 6.36. The molecule has 0 unspecified atom stereocenters. The van der Waals surface area contributed by atoms with Gasteiger partial charge in [0.15, 0.2) is 17.6 Å². The molecule has 1 aromatic heterocycles. The van der Waals surface area contributed by atoms with Crippen LogP contribution in [0.15, 0.2) is 46.0 Å². The van der Waals surface area contributed by atoms with E-state index in [-0.39, 0.29) is 22.6 Å². The molecule has 0 radical (unpaired) electrons. The fraction of sp³-hybridized carbons (Fsp3) is 0.150. The highest BCUT2D eigenvalue weighted by Gasteiger charge is 2.40. The van der Waals surface area contributed by atoms with Crippen molar-refractivity contribution in [1.82, 2.24) is 9.55 Å². The molecule has 9 nitrogen and oxygen atoms in total. The smallest absolute Gasteiger partial charge is 0.343 e. The van der Waals surface area contributed by atoms with Gasteiger partial charge >= 0.3 is 11.7 Å². The molecule has 10 heteroatoms. The molecule has 0 spiro atoms. The molecule has 4 rings (SSSR count). The van der Waals surface area contributed by atoms with Crippen LogP contribution in [0.25, 0.3) is 5.69 Å². The van der Waals surface area contributed by atoms with Crippen molar-refractivity contribution in [3.8, 4) is 23.1 Å². The molecule has 0 fully saturated rings. The molecule has 0 aliphatic carbocycles. The average Bonchev–Trinajstić information content (AvgIpc) is 3.04. The normalized spacial score (nSPS) is 14.9. The third-order valence-corrected chi connectivity index (χ3v) is 5.01. The molecule has 30 heavy (non-hydrogen) atoms. The zero-order chi connectivity index (χ0) is 21.6. The summed E-state index contributed by atoms with van der Waals surface area (Å²) in [5.41, 5.74) is -1.42. The van der Waals surface area contributed by atoms with Crippen molar-refractivity contribution < 1.29 is 24.1 Å². The highest BCUT2D eigenvalue weighted by atomic mass is 35.5. The van der Waals surface area contributed by atoms with Crippen molar-refractivity contribution in [2.24, 2.45) is 0 Å². The van der Waals surface area contributed by atoms with Gasteiger partial charge in [0.2, 0.25) is 5.88 Å². The molecular weight excluding hydrogens is 416 g/mol.